The summed E-state index contributed by atoms with van der Waals surface area (Å²) in [6.07, 6.45) is 7.71. The van der Waals surface area contributed by atoms with Gasteiger partial charge in [-0.25, -0.2) is 0 Å². The number of hydrogen-bond donors (Lipinski definition) is 0. The lowest BCUT2D eigenvalue weighted by Gasteiger charge is -2.35. The summed E-state index contributed by atoms with van der Waals surface area (Å²) in [5, 5.41) is 25.7. The highest BCUT2D eigenvalue weighted by molar-refractivity contribution is 6.09. The number of hydrazone groups is 3. The lowest BCUT2D eigenvalue weighted by molar-refractivity contribution is 0.576. The van der Waals surface area contributed by atoms with E-state index in [1.165, 1.54) is 21.8 Å². The molecule has 1 atom stereocenters. The highest BCUT2D eigenvalue weighted by Crippen LogP contribution is 2.35. The van der Waals surface area contributed by atoms with Gasteiger partial charge in [-0.3, -0.25) is 20.0 Å². The van der Waals surface area contributed by atoms with Crippen LogP contribution in [0.3, 0.4) is 0 Å². The molecule has 0 saturated carbocycles. The number of aryl methyl sites for hydroxylation is 1. The molecule has 0 aliphatic heterocycles. The Labute approximate surface area is 426 Å². The van der Waals surface area contributed by atoms with E-state index < -0.39 is 0 Å². The lowest BCUT2D eigenvalue weighted by Crippen LogP contribution is -2.47. The van der Waals surface area contributed by atoms with Gasteiger partial charge < -0.3 is 9.47 Å². The molecule has 0 amide bonds. The van der Waals surface area contributed by atoms with Crippen LogP contribution >= 0.6 is 0 Å². The first-order valence-electron chi connectivity index (χ1n) is 24.6. The van der Waals surface area contributed by atoms with Crippen molar-refractivity contribution in [2.24, 2.45) is 22.4 Å². The van der Waals surface area contributed by atoms with Gasteiger partial charge in [0.15, 0.2) is 0 Å². The minimum absolute atomic E-state index is 0.338. The van der Waals surface area contributed by atoms with Gasteiger partial charge in [0.2, 0.25) is 0 Å². The molecule has 0 saturated heterocycles. The van der Waals surface area contributed by atoms with Gasteiger partial charge in [-0.2, -0.15) is 15.3 Å². The molecule has 9 aromatic carbocycles. The van der Waals surface area contributed by atoms with Crippen molar-refractivity contribution in [3.63, 3.8) is 0 Å². The number of aromatic nitrogens is 2. The van der Waals surface area contributed by atoms with Gasteiger partial charge in [-0.05, 0) is 114 Å². The average molecular weight is 948 g/mol. The van der Waals surface area contributed by atoms with Crippen LogP contribution in [0.15, 0.2) is 270 Å². The van der Waals surface area contributed by atoms with Crippen molar-refractivity contribution < 1.29 is 0 Å². The van der Waals surface area contributed by atoms with E-state index in [4.69, 9.17) is 15.3 Å². The summed E-state index contributed by atoms with van der Waals surface area (Å²) in [5.41, 5.74) is 12.2. The molecule has 0 aliphatic carbocycles. The summed E-state index contributed by atoms with van der Waals surface area (Å²) in [5.74, 6) is 0. The Kier molecular flexibility index (Phi) is 13.5. The van der Waals surface area contributed by atoms with E-state index in [-0.39, 0.29) is 6.04 Å². The molecule has 2 aromatic heterocycles. The van der Waals surface area contributed by atoms with Crippen LogP contribution in [-0.2, 0) is 7.05 Å². The largest absolute Gasteiger partial charge is 0.344 e. The fourth-order valence-electron chi connectivity index (χ4n) is 9.41. The number of fused-ring (bicyclic) bond motifs is 4. The first kappa shape index (κ1) is 45.8. The Balaban J connectivity index is 0.993. The van der Waals surface area contributed by atoms with Crippen LogP contribution in [0.4, 0.5) is 34.1 Å². The van der Waals surface area contributed by atoms with E-state index in [2.05, 4.69) is 231 Å². The molecule has 0 bridgehead atoms. The van der Waals surface area contributed by atoms with Crippen molar-refractivity contribution in [3.05, 3.63) is 272 Å². The van der Waals surface area contributed by atoms with Crippen molar-refractivity contribution in [1.82, 2.24) is 9.55 Å². The maximum Gasteiger partial charge on any atom is 0.0917 e. The van der Waals surface area contributed by atoms with Gasteiger partial charge in [0.05, 0.1) is 60.4 Å². The van der Waals surface area contributed by atoms with Crippen LogP contribution in [-0.4, -0.2) is 47.3 Å². The van der Waals surface area contributed by atoms with Crippen molar-refractivity contribution in [1.29, 1.82) is 0 Å². The van der Waals surface area contributed by atoms with Gasteiger partial charge in [0.1, 0.15) is 0 Å². The van der Waals surface area contributed by atoms with Crippen molar-refractivity contribution in [3.8, 4) is 0 Å². The fraction of sp³-hybridized carbons (Fsp3) is 0.0625. The molecule has 9 heteroatoms. The van der Waals surface area contributed by atoms with Crippen LogP contribution in [0.25, 0.3) is 32.7 Å². The van der Waals surface area contributed by atoms with Crippen molar-refractivity contribution in [2.45, 2.75) is 6.04 Å². The lowest BCUT2D eigenvalue weighted by atomic mass is 10.1. The number of rotatable bonds is 17. The molecule has 2 heterocycles. The third kappa shape index (κ3) is 10.3. The Morgan fingerprint density at radius 2 is 0.877 bits per heavy atom. The highest BCUT2D eigenvalue weighted by atomic mass is 15.5. The predicted molar refractivity (Wildman–Crippen MR) is 306 cm³/mol. The third-order valence-electron chi connectivity index (χ3n) is 13.1. The average Bonchev–Trinajstić information content (AvgIpc) is 3.74. The maximum absolute atomic E-state index is 5.40. The summed E-state index contributed by atoms with van der Waals surface area (Å²) in [4.78, 5) is 6.91. The second kappa shape index (κ2) is 21.6. The number of pyridine rings is 1. The SMILES string of the molecule is Cn1c2ccccc2c2cc(/C=N/N(CC(CN(/N=C\c3ccc(N(c4ccccc4)c4ccccc4)cc3)c3ccccc3)N(/N=C\c3ccnc4ccccc34)c3ccccc3)c3ccccc3)ccc21. The molecule has 0 fully saturated rings. The topological polar surface area (TPSA) is 67.9 Å². The number of para-hydroxylation sites is 7. The molecular weight excluding hydrogens is 895 g/mol. The molecule has 73 heavy (non-hydrogen) atoms. The quantitative estimate of drug-likeness (QED) is 0.0672. The minimum Gasteiger partial charge on any atom is -0.344 e. The van der Waals surface area contributed by atoms with Crippen LogP contribution in [0, 0.1) is 0 Å². The second-order valence-electron chi connectivity index (χ2n) is 17.8. The Morgan fingerprint density at radius 1 is 0.411 bits per heavy atom. The Morgan fingerprint density at radius 3 is 1.48 bits per heavy atom. The van der Waals surface area contributed by atoms with Crippen molar-refractivity contribution in [2.75, 3.05) is 33.0 Å². The molecule has 0 aliphatic rings. The smallest absolute Gasteiger partial charge is 0.0917 e. The van der Waals surface area contributed by atoms with E-state index in [0.717, 1.165) is 61.7 Å². The molecule has 11 aromatic rings. The number of hydrogen-bond acceptors (Lipinski definition) is 8. The van der Waals surface area contributed by atoms with Gasteiger partial charge >= 0.3 is 0 Å². The molecule has 0 N–H and O–H groups in total. The van der Waals surface area contributed by atoms with Crippen LogP contribution in [0.5, 0.6) is 0 Å². The number of nitrogens with zero attached hydrogens (tertiary/aromatic N) is 9. The van der Waals surface area contributed by atoms with Gasteiger partial charge in [-0.1, -0.05) is 146 Å². The standard InChI is InChI=1S/C64H53N9/c1-69-63-34-20-18-32-60(63)61-43-50(37-40-64(61)69)45-67-71(53-23-9-3-10-24-53)48-58(73(57-29-15-6-16-30-57)68-46-51-41-42-65-62-33-19-17-31-59(51)62)47-70(52-21-7-2-8-22-52)66-44-49-35-38-56(39-36-49)72(54-25-11-4-12-26-54)55-27-13-5-14-28-55/h2-46,58H,47-48H2,1H3/b66-44-,67-45+,68-46-. The summed E-state index contributed by atoms with van der Waals surface area (Å²) < 4.78 is 2.25. The summed E-state index contributed by atoms with van der Waals surface area (Å²) in [7, 11) is 2.12. The number of anilines is 6. The van der Waals surface area contributed by atoms with E-state index in [9.17, 15) is 0 Å². The van der Waals surface area contributed by atoms with Crippen LogP contribution < -0.4 is 19.9 Å². The number of benzene rings is 9. The van der Waals surface area contributed by atoms with Crippen LogP contribution in [0.1, 0.15) is 16.7 Å². The molecule has 9 nitrogen and oxygen atoms in total. The summed E-state index contributed by atoms with van der Waals surface area (Å²) in [6.45, 7) is 0.862. The van der Waals surface area contributed by atoms with Gasteiger partial charge in [-0.15, -0.1) is 0 Å². The monoisotopic (exact) mass is 947 g/mol. The molecular formula is C64H53N9. The molecule has 0 radical (unpaired) electrons. The fourth-order valence-corrected chi connectivity index (χ4v) is 9.41. The highest BCUT2D eigenvalue weighted by Gasteiger charge is 2.26. The Hall–Kier alpha value is -9.60. The second-order valence-corrected chi connectivity index (χ2v) is 17.8. The minimum atomic E-state index is -0.338. The van der Waals surface area contributed by atoms with E-state index in [0.29, 0.717) is 13.1 Å². The van der Waals surface area contributed by atoms with Crippen LogP contribution in [0.2, 0.25) is 0 Å². The van der Waals surface area contributed by atoms with E-state index >= 15 is 0 Å². The van der Waals surface area contributed by atoms with E-state index in [1.807, 2.05) is 79.4 Å². The zero-order valence-corrected chi connectivity index (χ0v) is 40.5. The van der Waals surface area contributed by atoms with Crippen molar-refractivity contribution >= 4 is 85.5 Å². The molecule has 354 valence electrons. The third-order valence-corrected chi connectivity index (χ3v) is 13.1. The zero-order chi connectivity index (χ0) is 49.2. The zero-order valence-electron chi connectivity index (χ0n) is 40.5. The first-order chi connectivity index (χ1) is 36.1. The van der Waals surface area contributed by atoms with Gasteiger partial charge in [0.25, 0.3) is 0 Å². The molecule has 0 spiro atoms. The predicted octanol–water partition coefficient (Wildman–Crippen LogP) is 14.6. The normalized spacial score (nSPS) is 12.1. The van der Waals surface area contributed by atoms with Gasteiger partial charge in [0, 0.05) is 63.1 Å². The summed E-state index contributed by atoms with van der Waals surface area (Å²) in [6, 6.07) is 85.5. The molecule has 1 unspecified atom stereocenters. The first-order valence-corrected chi connectivity index (χ1v) is 24.6. The van der Waals surface area contributed by atoms with E-state index in [1.54, 1.807) is 0 Å². The molecule has 11 rings (SSSR count). The maximum atomic E-state index is 5.40. The summed E-state index contributed by atoms with van der Waals surface area (Å²) >= 11 is 0. The Bertz CT molecular complexity index is 3610.